The monoisotopic (exact) mass is 256 g/mol. The molecule has 0 saturated heterocycles. The molecule has 0 amide bonds. The lowest BCUT2D eigenvalue weighted by molar-refractivity contribution is 0.407. The van der Waals surface area contributed by atoms with Gasteiger partial charge in [-0.3, -0.25) is 0 Å². The van der Waals surface area contributed by atoms with Crippen LogP contribution in [0.1, 0.15) is 26.3 Å². The summed E-state index contributed by atoms with van der Waals surface area (Å²) in [6.07, 6.45) is 0. The van der Waals surface area contributed by atoms with Crippen LogP contribution in [0.25, 0.3) is 0 Å². The summed E-state index contributed by atoms with van der Waals surface area (Å²) in [5.41, 5.74) is 6.30. The number of rotatable bonds is 4. The number of benzene rings is 1. The normalized spacial score (nSPS) is 12.7. The molecule has 3 N–H and O–H groups in total. The lowest BCUT2D eigenvalue weighted by Gasteiger charge is -2.18. The van der Waals surface area contributed by atoms with Crippen molar-refractivity contribution in [3.05, 3.63) is 29.8 Å². The van der Waals surface area contributed by atoms with Gasteiger partial charge in [-0.2, -0.15) is 0 Å². The van der Waals surface area contributed by atoms with E-state index in [9.17, 15) is 8.42 Å². The van der Waals surface area contributed by atoms with Gasteiger partial charge in [-0.05, 0) is 23.1 Å². The Bertz CT molecular complexity index is 458. The van der Waals surface area contributed by atoms with Crippen molar-refractivity contribution >= 4 is 10.0 Å². The van der Waals surface area contributed by atoms with Gasteiger partial charge < -0.3 is 5.73 Å². The van der Waals surface area contributed by atoms with Crippen LogP contribution in [0.3, 0.4) is 0 Å². The first-order valence-corrected chi connectivity index (χ1v) is 7.02. The van der Waals surface area contributed by atoms with Crippen LogP contribution in [0.15, 0.2) is 29.2 Å². The fraction of sp³-hybridized carbons (Fsp3) is 0.500. The molecule has 1 rings (SSSR count). The summed E-state index contributed by atoms with van der Waals surface area (Å²) in [4.78, 5) is 0.277. The highest BCUT2D eigenvalue weighted by Gasteiger charge is 2.18. The van der Waals surface area contributed by atoms with Crippen molar-refractivity contribution in [2.45, 2.75) is 32.2 Å². The molecule has 0 spiro atoms. The average Bonchev–Trinajstić information content (AvgIpc) is 2.26. The van der Waals surface area contributed by atoms with Crippen molar-refractivity contribution in [1.29, 1.82) is 0 Å². The highest BCUT2D eigenvalue weighted by Crippen LogP contribution is 2.14. The molecule has 17 heavy (non-hydrogen) atoms. The Hall–Kier alpha value is -0.910. The van der Waals surface area contributed by atoms with Crippen LogP contribution in [0, 0.1) is 5.41 Å². The zero-order chi connectivity index (χ0) is 13.1. The van der Waals surface area contributed by atoms with Crippen LogP contribution < -0.4 is 10.5 Å². The predicted molar refractivity (Wildman–Crippen MR) is 69.0 cm³/mol. The van der Waals surface area contributed by atoms with Crippen LogP contribution in [-0.2, 0) is 16.6 Å². The fourth-order valence-electron chi connectivity index (χ4n) is 1.20. The standard InChI is InChI=1S/C12H20N2O2S/c1-12(2,3)9-14-17(15,16)11-6-4-10(8-13)5-7-11/h4-7,14H,8-9,13H2,1-3H3. The summed E-state index contributed by atoms with van der Waals surface area (Å²) in [5, 5.41) is 0. The molecule has 0 aliphatic carbocycles. The zero-order valence-corrected chi connectivity index (χ0v) is 11.3. The molecule has 0 radical (unpaired) electrons. The third kappa shape index (κ3) is 4.46. The summed E-state index contributed by atoms with van der Waals surface area (Å²) in [7, 11) is -3.41. The van der Waals surface area contributed by atoms with E-state index >= 15 is 0 Å². The van der Waals surface area contributed by atoms with Gasteiger partial charge in [0.1, 0.15) is 0 Å². The molecule has 0 unspecified atom stereocenters. The maximum Gasteiger partial charge on any atom is 0.240 e. The largest absolute Gasteiger partial charge is 0.326 e. The Balaban J connectivity index is 2.82. The van der Waals surface area contributed by atoms with Crippen LogP contribution in [0.4, 0.5) is 0 Å². The van der Waals surface area contributed by atoms with Crippen LogP contribution in [0.2, 0.25) is 0 Å². The van der Waals surface area contributed by atoms with E-state index in [-0.39, 0.29) is 10.3 Å². The second-order valence-corrected chi connectivity index (χ2v) is 7.00. The lowest BCUT2D eigenvalue weighted by atomic mass is 9.98. The second kappa shape index (κ2) is 5.16. The molecule has 1 aromatic carbocycles. The molecule has 0 aliphatic heterocycles. The van der Waals surface area contributed by atoms with Gasteiger partial charge in [-0.1, -0.05) is 32.9 Å². The van der Waals surface area contributed by atoms with Crippen LogP contribution in [0.5, 0.6) is 0 Å². The first-order valence-electron chi connectivity index (χ1n) is 5.53. The van der Waals surface area contributed by atoms with Crippen molar-refractivity contribution in [1.82, 2.24) is 4.72 Å². The van der Waals surface area contributed by atoms with E-state index in [0.717, 1.165) is 5.56 Å². The predicted octanol–water partition coefficient (Wildman–Crippen LogP) is 1.47. The zero-order valence-electron chi connectivity index (χ0n) is 10.5. The number of nitrogens with two attached hydrogens (primary N) is 1. The summed E-state index contributed by atoms with van der Waals surface area (Å²) in [6.45, 7) is 6.76. The number of hydrogen-bond acceptors (Lipinski definition) is 3. The van der Waals surface area contributed by atoms with Crippen molar-refractivity contribution < 1.29 is 8.42 Å². The Morgan fingerprint density at radius 1 is 1.18 bits per heavy atom. The van der Waals surface area contributed by atoms with Crippen LogP contribution >= 0.6 is 0 Å². The van der Waals surface area contributed by atoms with E-state index in [1.54, 1.807) is 24.3 Å². The first-order chi connectivity index (χ1) is 7.74. The Labute approximate surface area is 103 Å². The number of nitrogens with one attached hydrogen (secondary N) is 1. The van der Waals surface area contributed by atoms with Gasteiger partial charge >= 0.3 is 0 Å². The highest BCUT2D eigenvalue weighted by atomic mass is 32.2. The highest BCUT2D eigenvalue weighted by molar-refractivity contribution is 7.89. The minimum absolute atomic E-state index is 0.0791. The molecular weight excluding hydrogens is 236 g/mol. The van der Waals surface area contributed by atoms with E-state index in [1.165, 1.54) is 0 Å². The molecule has 0 atom stereocenters. The van der Waals surface area contributed by atoms with Gasteiger partial charge in [0.25, 0.3) is 0 Å². The van der Waals surface area contributed by atoms with Crippen LogP contribution in [-0.4, -0.2) is 15.0 Å². The van der Waals surface area contributed by atoms with E-state index in [4.69, 9.17) is 5.73 Å². The molecule has 0 aromatic heterocycles. The molecule has 0 heterocycles. The molecule has 0 bridgehead atoms. The van der Waals surface area contributed by atoms with Crippen molar-refractivity contribution in [2.75, 3.05) is 6.54 Å². The lowest BCUT2D eigenvalue weighted by Crippen LogP contribution is -2.32. The SMILES string of the molecule is CC(C)(C)CNS(=O)(=O)c1ccc(CN)cc1. The summed E-state index contributed by atoms with van der Waals surface area (Å²) in [5.74, 6) is 0. The van der Waals surface area contributed by atoms with Gasteiger partial charge in [-0.15, -0.1) is 0 Å². The Morgan fingerprint density at radius 3 is 2.12 bits per heavy atom. The molecule has 4 nitrogen and oxygen atoms in total. The van der Waals surface area contributed by atoms with Gasteiger partial charge in [0.05, 0.1) is 4.90 Å². The topological polar surface area (TPSA) is 72.2 Å². The molecule has 0 saturated carbocycles. The minimum atomic E-state index is -3.41. The van der Waals surface area contributed by atoms with Crippen molar-refractivity contribution in [2.24, 2.45) is 11.1 Å². The fourth-order valence-corrected chi connectivity index (χ4v) is 2.48. The van der Waals surface area contributed by atoms with Crippen molar-refractivity contribution in [3.63, 3.8) is 0 Å². The molecular formula is C12H20N2O2S. The third-order valence-electron chi connectivity index (χ3n) is 2.26. The van der Waals surface area contributed by atoms with E-state index in [1.807, 2.05) is 20.8 Å². The second-order valence-electron chi connectivity index (χ2n) is 5.23. The molecule has 1 aromatic rings. The Morgan fingerprint density at radius 2 is 1.71 bits per heavy atom. The summed E-state index contributed by atoms with van der Waals surface area (Å²) < 4.78 is 26.5. The van der Waals surface area contributed by atoms with Gasteiger partial charge in [0.15, 0.2) is 0 Å². The van der Waals surface area contributed by atoms with E-state index in [0.29, 0.717) is 13.1 Å². The van der Waals surface area contributed by atoms with Crippen molar-refractivity contribution in [3.8, 4) is 0 Å². The van der Waals surface area contributed by atoms with Gasteiger partial charge in [0, 0.05) is 13.1 Å². The van der Waals surface area contributed by atoms with E-state index < -0.39 is 10.0 Å². The maximum atomic E-state index is 11.9. The smallest absolute Gasteiger partial charge is 0.240 e. The van der Waals surface area contributed by atoms with Gasteiger partial charge in [-0.25, -0.2) is 13.1 Å². The molecule has 0 aliphatic rings. The molecule has 96 valence electrons. The van der Waals surface area contributed by atoms with E-state index in [2.05, 4.69) is 4.72 Å². The first kappa shape index (κ1) is 14.2. The average molecular weight is 256 g/mol. The summed E-state index contributed by atoms with van der Waals surface area (Å²) in [6, 6.07) is 6.61. The van der Waals surface area contributed by atoms with Gasteiger partial charge in [0.2, 0.25) is 10.0 Å². The summed E-state index contributed by atoms with van der Waals surface area (Å²) >= 11 is 0. The third-order valence-corrected chi connectivity index (χ3v) is 3.68. The Kier molecular flexibility index (Phi) is 4.30. The molecule has 5 heteroatoms. The number of hydrogen-bond donors (Lipinski definition) is 2. The minimum Gasteiger partial charge on any atom is -0.326 e. The molecule has 0 fully saturated rings. The maximum absolute atomic E-state index is 11.9. The number of sulfonamides is 1. The quantitative estimate of drug-likeness (QED) is 0.857.